The van der Waals surface area contributed by atoms with Gasteiger partial charge in [-0.3, -0.25) is 0 Å². The standard InChI is InChI=1S/C40H37ClN4O6/c41-34-20-31(44-22-28-17-10-18-29(28)23-44)32-21-42-37(45(32)43-34)35-33(50-39(47)26-13-6-2-7-14-26)19-30(24-49-38(46)25-11-4-1-5-12-25)36(35)51-40(48)27-15-8-3-9-16-27/h1-9,11-16,20-21,28-30,33,35-36H,10,17-19,22-24H2/t28?,29?,30-,33+,35+,36?/m1/s1. The first-order chi connectivity index (χ1) is 24.9. The van der Waals surface area contributed by atoms with Crippen LogP contribution in [0.25, 0.3) is 5.52 Å². The Hall–Kier alpha value is -5.22. The summed E-state index contributed by atoms with van der Waals surface area (Å²) in [6.07, 6.45) is 3.99. The summed E-state index contributed by atoms with van der Waals surface area (Å²) in [4.78, 5) is 47.6. The zero-order chi connectivity index (χ0) is 34.9. The SMILES string of the molecule is O=C(OC[C@H]1C[C@H](OC(=O)c2ccccc2)[C@H](c2ncc3c(N4CC5CCCC5C4)cc(Cl)nn23)C1OC(=O)c1ccccc1)c1ccccc1. The quantitative estimate of drug-likeness (QED) is 0.118. The van der Waals surface area contributed by atoms with E-state index in [1.54, 1.807) is 83.5 Å². The zero-order valence-electron chi connectivity index (χ0n) is 27.8. The molecular formula is C40H37ClN4O6. The van der Waals surface area contributed by atoms with E-state index in [-0.39, 0.29) is 18.2 Å². The lowest BCUT2D eigenvalue weighted by molar-refractivity contribution is -0.00403. The summed E-state index contributed by atoms with van der Waals surface area (Å²) >= 11 is 6.72. The van der Waals surface area contributed by atoms with Gasteiger partial charge in [0, 0.05) is 25.1 Å². The van der Waals surface area contributed by atoms with Crippen molar-refractivity contribution in [3.05, 3.63) is 131 Å². The van der Waals surface area contributed by atoms with Gasteiger partial charge in [0.15, 0.2) is 5.15 Å². The minimum absolute atomic E-state index is 0.0877. The highest BCUT2D eigenvalue weighted by molar-refractivity contribution is 6.29. The van der Waals surface area contributed by atoms with Crippen LogP contribution in [0.15, 0.2) is 103 Å². The molecule has 0 radical (unpaired) electrons. The summed E-state index contributed by atoms with van der Waals surface area (Å²) in [7, 11) is 0. The van der Waals surface area contributed by atoms with Gasteiger partial charge in [0.05, 0.1) is 41.1 Å². The van der Waals surface area contributed by atoms with E-state index in [0.29, 0.717) is 34.4 Å². The highest BCUT2D eigenvalue weighted by Crippen LogP contribution is 2.45. The van der Waals surface area contributed by atoms with Crippen LogP contribution in [0.5, 0.6) is 0 Å². The lowest BCUT2D eigenvalue weighted by Crippen LogP contribution is -2.34. The summed E-state index contributed by atoms with van der Waals surface area (Å²) in [6.45, 7) is 1.79. The van der Waals surface area contributed by atoms with Gasteiger partial charge in [-0.15, -0.1) is 0 Å². The second-order valence-electron chi connectivity index (χ2n) is 13.7. The van der Waals surface area contributed by atoms with E-state index in [0.717, 1.165) is 24.3 Å². The molecule has 260 valence electrons. The van der Waals surface area contributed by atoms with Gasteiger partial charge in [-0.05, 0) is 67.5 Å². The third-order valence-electron chi connectivity index (χ3n) is 10.6. The molecule has 3 unspecified atom stereocenters. The molecule has 8 rings (SSSR count). The van der Waals surface area contributed by atoms with Crippen molar-refractivity contribution < 1.29 is 28.6 Å². The lowest BCUT2D eigenvalue weighted by Gasteiger charge is -2.26. The van der Waals surface area contributed by atoms with Crippen molar-refractivity contribution in [2.24, 2.45) is 17.8 Å². The van der Waals surface area contributed by atoms with Crippen molar-refractivity contribution >= 4 is 40.7 Å². The number of anilines is 1. The molecule has 0 amide bonds. The summed E-state index contributed by atoms with van der Waals surface area (Å²) in [6, 6.07) is 28.0. The fourth-order valence-corrected chi connectivity index (χ4v) is 8.28. The van der Waals surface area contributed by atoms with Gasteiger partial charge < -0.3 is 19.1 Å². The van der Waals surface area contributed by atoms with Crippen molar-refractivity contribution in [2.75, 3.05) is 24.6 Å². The molecule has 1 saturated heterocycles. The second kappa shape index (κ2) is 14.2. The van der Waals surface area contributed by atoms with Gasteiger partial charge >= 0.3 is 17.9 Å². The maximum absolute atomic E-state index is 13.7. The van der Waals surface area contributed by atoms with Gasteiger partial charge in [0.25, 0.3) is 0 Å². The normalized spacial score (nSPS) is 24.0. The maximum atomic E-state index is 13.7. The molecule has 0 spiro atoms. The van der Waals surface area contributed by atoms with Crippen LogP contribution in [-0.2, 0) is 14.2 Å². The minimum atomic E-state index is -0.907. The van der Waals surface area contributed by atoms with E-state index in [9.17, 15) is 14.4 Å². The maximum Gasteiger partial charge on any atom is 0.338 e. The Morgan fingerprint density at radius 3 is 1.94 bits per heavy atom. The average molecular weight is 705 g/mol. The van der Waals surface area contributed by atoms with E-state index in [4.69, 9.17) is 35.9 Å². The van der Waals surface area contributed by atoms with Crippen LogP contribution < -0.4 is 4.90 Å². The molecule has 3 aliphatic rings. The highest BCUT2D eigenvalue weighted by atomic mass is 35.5. The Morgan fingerprint density at radius 2 is 1.33 bits per heavy atom. The van der Waals surface area contributed by atoms with Crippen LogP contribution >= 0.6 is 11.6 Å². The first-order valence-corrected chi connectivity index (χ1v) is 17.8. The van der Waals surface area contributed by atoms with Gasteiger partial charge in [0.2, 0.25) is 0 Å². The predicted octanol–water partition coefficient (Wildman–Crippen LogP) is 7.03. The van der Waals surface area contributed by atoms with E-state index in [2.05, 4.69) is 4.90 Å². The Labute approximate surface area is 300 Å². The molecule has 10 nitrogen and oxygen atoms in total. The van der Waals surface area contributed by atoms with Gasteiger partial charge in [-0.1, -0.05) is 72.6 Å². The Morgan fingerprint density at radius 1 is 0.765 bits per heavy atom. The number of aromatic nitrogens is 3. The largest absolute Gasteiger partial charge is 0.462 e. The Kier molecular flexibility index (Phi) is 9.17. The number of hydrogen-bond acceptors (Lipinski definition) is 9. The van der Waals surface area contributed by atoms with Crippen LogP contribution in [0, 0.1) is 17.8 Å². The molecule has 0 N–H and O–H groups in total. The number of halogens is 1. The molecule has 2 aromatic heterocycles. The first-order valence-electron chi connectivity index (χ1n) is 17.5. The van der Waals surface area contributed by atoms with Gasteiger partial charge in [-0.25, -0.2) is 23.9 Å². The third-order valence-corrected chi connectivity index (χ3v) is 10.7. The van der Waals surface area contributed by atoms with Crippen LogP contribution in [0.2, 0.25) is 5.15 Å². The number of carbonyl (C=O) groups is 3. The summed E-state index contributed by atoms with van der Waals surface area (Å²) in [5.74, 6) is -1.19. The third kappa shape index (κ3) is 6.68. The van der Waals surface area contributed by atoms with Gasteiger partial charge in [-0.2, -0.15) is 5.10 Å². The van der Waals surface area contributed by atoms with E-state index < -0.39 is 42.0 Å². The monoisotopic (exact) mass is 704 g/mol. The number of fused-ring (bicyclic) bond motifs is 2. The first kappa shape index (κ1) is 33.0. The topological polar surface area (TPSA) is 112 Å². The number of carbonyl (C=O) groups excluding carboxylic acids is 3. The molecule has 2 saturated carbocycles. The van der Waals surface area contributed by atoms with Crippen LogP contribution in [0.4, 0.5) is 5.69 Å². The van der Waals surface area contributed by atoms with Crippen molar-refractivity contribution in [2.45, 2.75) is 43.8 Å². The molecule has 51 heavy (non-hydrogen) atoms. The molecule has 2 aliphatic carbocycles. The fourth-order valence-electron chi connectivity index (χ4n) is 8.10. The average Bonchev–Trinajstić information content (AvgIpc) is 3.95. The van der Waals surface area contributed by atoms with Crippen molar-refractivity contribution in [3.8, 4) is 0 Å². The highest BCUT2D eigenvalue weighted by Gasteiger charge is 2.51. The molecule has 1 aliphatic heterocycles. The molecule has 5 aromatic rings. The molecule has 6 atom stereocenters. The molecule has 3 fully saturated rings. The summed E-state index contributed by atoms with van der Waals surface area (Å²) < 4.78 is 20.1. The lowest BCUT2D eigenvalue weighted by atomic mass is 9.99. The van der Waals surface area contributed by atoms with E-state index >= 15 is 0 Å². The molecule has 3 heterocycles. The Bertz CT molecular complexity index is 2030. The number of rotatable bonds is 9. The summed E-state index contributed by atoms with van der Waals surface area (Å²) in [5.41, 5.74) is 2.83. The summed E-state index contributed by atoms with van der Waals surface area (Å²) in [5, 5.41) is 4.98. The number of nitrogens with zero attached hydrogens (tertiary/aromatic N) is 4. The van der Waals surface area contributed by atoms with Gasteiger partial charge in [0.1, 0.15) is 23.5 Å². The number of ether oxygens (including phenoxy) is 3. The molecule has 3 aromatic carbocycles. The fraction of sp³-hybridized carbons (Fsp3) is 0.325. The predicted molar refractivity (Wildman–Crippen MR) is 190 cm³/mol. The number of imidazole rings is 1. The number of esters is 3. The zero-order valence-corrected chi connectivity index (χ0v) is 28.6. The van der Waals surface area contributed by atoms with Crippen LogP contribution in [0.1, 0.15) is 68.5 Å². The van der Waals surface area contributed by atoms with Crippen molar-refractivity contribution in [1.29, 1.82) is 0 Å². The van der Waals surface area contributed by atoms with Crippen molar-refractivity contribution in [1.82, 2.24) is 14.6 Å². The van der Waals surface area contributed by atoms with E-state index in [1.807, 2.05) is 24.3 Å². The molecule has 0 bridgehead atoms. The second-order valence-corrected chi connectivity index (χ2v) is 14.0. The minimum Gasteiger partial charge on any atom is -0.462 e. The molecular weight excluding hydrogens is 668 g/mol. The van der Waals surface area contributed by atoms with Crippen LogP contribution in [0.3, 0.4) is 0 Å². The van der Waals surface area contributed by atoms with Crippen molar-refractivity contribution in [3.63, 3.8) is 0 Å². The number of hydrogen-bond donors (Lipinski definition) is 0. The Balaban J connectivity index is 1.18. The van der Waals surface area contributed by atoms with Crippen LogP contribution in [-0.4, -0.2) is 64.4 Å². The van der Waals surface area contributed by atoms with E-state index in [1.165, 1.54) is 19.3 Å². The smallest absolute Gasteiger partial charge is 0.338 e. The molecule has 11 heteroatoms. The number of benzene rings is 3.